The van der Waals surface area contributed by atoms with Crippen molar-refractivity contribution in [2.75, 3.05) is 13.2 Å². The third-order valence-electron chi connectivity index (χ3n) is 5.09. The van der Waals surface area contributed by atoms with Crippen LogP contribution in [0.15, 0.2) is 36.9 Å². The van der Waals surface area contributed by atoms with Gasteiger partial charge in [0.2, 0.25) is 0 Å². The summed E-state index contributed by atoms with van der Waals surface area (Å²) < 4.78 is 14.2. The lowest BCUT2D eigenvalue weighted by atomic mass is 9.99. The van der Waals surface area contributed by atoms with Crippen LogP contribution in [0.3, 0.4) is 0 Å². The first-order valence-corrected chi connectivity index (χ1v) is 8.68. The van der Waals surface area contributed by atoms with E-state index in [9.17, 15) is 0 Å². The summed E-state index contributed by atoms with van der Waals surface area (Å²) in [6, 6.07) is 4.33. The summed E-state index contributed by atoms with van der Waals surface area (Å²) in [4.78, 5) is 11.0. The second kappa shape index (κ2) is 6.91. The van der Waals surface area contributed by atoms with Crippen LogP contribution in [0.25, 0.3) is 0 Å². The van der Waals surface area contributed by atoms with Crippen LogP contribution in [0, 0.1) is 0 Å². The Kier molecular flexibility index (Phi) is 4.49. The van der Waals surface area contributed by atoms with E-state index in [2.05, 4.69) is 26.5 Å². The van der Waals surface area contributed by atoms with Gasteiger partial charge in [-0.1, -0.05) is 0 Å². The highest BCUT2D eigenvalue weighted by Gasteiger charge is 2.40. The van der Waals surface area contributed by atoms with Gasteiger partial charge >= 0.3 is 0 Å². The first kappa shape index (κ1) is 15.6. The summed E-state index contributed by atoms with van der Waals surface area (Å²) in [6.07, 6.45) is 11.2. The molecule has 2 saturated heterocycles. The molecule has 128 valence electrons. The van der Waals surface area contributed by atoms with Gasteiger partial charge in [0.25, 0.3) is 0 Å². The number of hydrogen-bond acceptors (Lipinski definition) is 5. The Morgan fingerprint density at radius 2 is 2.25 bits per heavy atom. The largest absolute Gasteiger partial charge is 0.489 e. The fourth-order valence-electron chi connectivity index (χ4n) is 3.76. The summed E-state index contributed by atoms with van der Waals surface area (Å²) in [7, 11) is 2.05. The second-order valence-corrected chi connectivity index (χ2v) is 6.65. The van der Waals surface area contributed by atoms with E-state index in [-0.39, 0.29) is 6.10 Å². The molecule has 0 aliphatic carbocycles. The maximum absolute atomic E-state index is 6.30. The van der Waals surface area contributed by atoms with Crippen LogP contribution in [-0.4, -0.2) is 50.8 Å². The molecule has 2 aromatic rings. The monoisotopic (exact) mass is 328 g/mol. The summed E-state index contributed by atoms with van der Waals surface area (Å²) >= 11 is 0. The Morgan fingerprint density at radius 3 is 3.04 bits per heavy atom. The number of imidazole rings is 1. The zero-order valence-corrected chi connectivity index (χ0v) is 14.0. The van der Waals surface area contributed by atoms with Crippen LogP contribution in [0.5, 0.6) is 5.75 Å². The lowest BCUT2D eigenvalue weighted by Gasteiger charge is -2.35. The number of rotatable bonds is 5. The predicted molar refractivity (Wildman–Crippen MR) is 89.7 cm³/mol. The van der Waals surface area contributed by atoms with Gasteiger partial charge in [0, 0.05) is 38.2 Å². The van der Waals surface area contributed by atoms with E-state index in [0.717, 1.165) is 43.9 Å². The summed E-state index contributed by atoms with van der Waals surface area (Å²) in [5, 5.41) is 0. The lowest BCUT2D eigenvalue weighted by molar-refractivity contribution is -0.0843. The molecule has 3 atom stereocenters. The van der Waals surface area contributed by atoms with E-state index in [1.54, 1.807) is 12.4 Å². The quantitative estimate of drug-likeness (QED) is 0.840. The van der Waals surface area contributed by atoms with E-state index >= 15 is 0 Å². The smallest absolute Gasteiger partial charge is 0.137 e. The number of hydrogen-bond donors (Lipinski definition) is 0. The highest BCUT2D eigenvalue weighted by molar-refractivity contribution is 5.15. The number of ether oxygens (including phenoxy) is 2. The van der Waals surface area contributed by atoms with Crippen LogP contribution >= 0.6 is 0 Å². The van der Waals surface area contributed by atoms with Gasteiger partial charge in [-0.05, 0) is 31.4 Å². The molecular formula is C18H24N4O2. The van der Waals surface area contributed by atoms with Gasteiger partial charge < -0.3 is 14.0 Å². The first-order chi connectivity index (χ1) is 11.8. The van der Waals surface area contributed by atoms with Crippen LogP contribution in [0.1, 0.15) is 25.1 Å². The molecule has 0 bridgehead atoms. The minimum atomic E-state index is 0.180. The molecule has 0 unspecified atom stereocenters. The number of likely N-dealkylation sites (tertiary alicyclic amines) is 1. The molecule has 0 aromatic carbocycles. The van der Waals surface area contributed by atoms with Crippen LogP contribution in [-0.2, 0) is 18.3 Å². The molecule has 24 heavy (non-hydrogen) atoms. The van der Waals surface area contributed by atoms with Gasteiger partial charge in [-0.3, -0.25) is 9.88 Å². The van der Waals surface area contributed by atoms with Gasteiger partial charge in [-0.2, -0.15) is 0 Å². The average molecular weight is 328 g/mol. The molecule has 6 heteroatoms. The Bertz CT molecular complexity index is 660. The third kappa shape index (κ3) is 3.30. The van der Waals surface area contributed by atoms with E-state index in [0.29, 0.717) is 18.8 Å². The highest BCUT2D eigenvalue weighted by atomic mass is 16.5. The van der Waals surface area contributed by atoms with Gasteiger partial charge in [0.15, 0.2) is 0 Å². The van der Waals surface area contributed by atoms with Crippen molar-refractivity contribution < 1.29 is 9.47 Å². The van der Waals surface area contributed by atoms with E-state index in [1.165, 1.54) is 0 Å². The van der Waals surface area contributed by atoms with Crippen molar-refractivity contribution in [1.82, 2.24) is 19.4 Å². The topological polar surface area (TPSA) is 52.4 Å². The summed E-state index contributed by atoms with van der Waals surface area (Å²) in [5.41, 5.74) is 0. The molecule has 2 aromatic heterocycles. The fraction of sp³-hybridized carbons (Fsp3) is 0.556. The van der Waals surface area contributed by atoms with Crippen LogP contribution in [0.2, 0.25) is 0 Å². The number of nitrogens with zero attached hydrogens (tertiary/aromatic N) is 4. The molecule has 0 amide bonds. The molecule has 0 N–H and O–H groups in total. The minimum absolute atomic E-state index is 0.180. The minimum Gasteiger partial charge on any atom is -0.489 e. The number of aryl methyl sites for hydroxylation is 1. The molecule has 4 heterocycles. The fourth-order valence-corrected chi connectivity index (χ4v) is 3.76. The lowest BCUT2D eigenvalue weighted by Crippen LogP contribution is -2.44. The molecular weight excluding hydrogens is 304 g/mol. The molecule has 2 aliphatic heterocycles. The Balaban J connectivity index is 1.30. The van der Waals surface area contributed by atoms with Gasteiger partial charge in [0.1, 0.15) is 18.2 Å². The number of fused-ring (bicyclic) bond motifs is 1. The van der Waals surface area contributed by atoms with E-state index < -0.39 is 0 Å². The zero-order chi connectivity index (χ0) is 16.4. The molecule has 4 rings (SSSR count). The van der Waals surface area contributed by atoms with Crippen LogP contribution in [0.4, 0.5) is 0 Å². The highest BCUT2D eigenvalue weighted by Crippen LogP contribution is 2.32. The van der Waals surface area contributed by atoms with Crippen LogP contribution < -0.4 is 4.74 Å². The normalized spacial score (nSPS) is 27.1. The predicted octanol–water partition coefficient (Wildman–Crippen LogP) is 2.02. The first-order valence-electron chi connectivity index (χ1n) is 8.68. The zero-order valence-electron chi connectivity index (χ0n) is 14.0. The molecule has 0 radical (unpaired) electrons. The maximum atomic E-state index is 6.30. The Morgan fingerprint density at radius 1 is 1.29 bits per heavy atom. The van der Waals surface area contributed by atoms with Crippen molar-refractivity contribution in [3.63, 3.8) is 0 Å². The molecule has 6 nitrogen and oxygen atoms in total. The Hall–Kier alpha value is -1.92. The van der Waals surface area contributed by atoms with Gasteiger partial charge in [0.05, 0.1) is 24.9 Å². The maximum Gasteiger partial charge on any atom is 0.137 e. The van der Waals surface area contributed by atoms with E-state index in [1.807, 2.05) is 24.5 Å². The average Bonchev–Trinajstić information content (AvgIpc) is 3.21. The molecule has 0 spiro atoms. The standard InChI is InChI=1S/C18H24N4O2/c1-21-10-8-20-18(21)12-22-9-6-17-16(22)5-4-15(24-17)13-23-14-3-2-7-19-11-14/h2-3,7-8,10-11,15-17H,4-6,9,12-13H2,1H3/t15-,16+,17+/m1/s1. The SMILES string of the molecule is Cn1ccnc1CN1CC[C@@H]2O[C@@H](COc3cccnc3)CC[C@@H]21. The van der Waals surface area contributed by atoms with E-state index in [4.69, 9.17) is 9.47 Å². The van der Waals surface area contributed by atoms with Crippen molar-refractivity contribution in [3.05, 3.63) is 42.7 Å². The number of aromatic nitrogens is 3. The number of pyridine rings is 1. The van der Waals surface area contributed by atoms with Crippen molar-refractivity contribution in [2.24, 2.45) is 7.05 Å². The Labute approximate surface area is 142 Å². The molecule has 2 aliphatic rings. The van der Waals surface area contributed by atoms with Gasteiger partial charge in [-0.25, -0.2) is 4.98 Å². The third-order valence-corrected chi connectivity index (χ3v) is 5.09. The van der Waals surface area contributed by atoms with Crippen molar-refractivity contribution in [1.29, 1.82) is 0 Å². The van der Waals surface area contributed by atoms with Crippen molar-refractivity contribution in [2.45, 2.75) is 44.1 Å². The van der Waals surface area contributed by atoms with Crippen molar-refractivity contribution >= 4 is 0 Å². The van der Waals surface area contributed by atoms with Gasteiger partial charge in [-0.15, -0.1) is 0 Å². The second-order valence-electron chi connectivity index (χ2n) is 6.65. The summed E-state index contributed by atoms with van der Waals surface area (Å²) in [5.74, 6) is 1.93. The molecule has 2 fully saturated rings. The molecule has 0 saturated carbocycles. The summed E-state index contributed by atoms with van der Waals surface area (Å²) in [6.45, 7) is 2.59. The van der Waals surface area contributed by atoms with Crippen molar-refractivity contribution in [3.8, 4) is 5.75 Å².